The number of nitrogens with zero attached hydrogens (tertiary/aromatic N) is 1. The first-order chi connectivity index (χ1) is 25.9. The number of rotatable bonds is 13. The Bertz CT molecular complexity index is 2450. The van der Waals surface area contributed by atoms with Crippen molar-refractivity contribution in [2.45, 2.75) is 19.8 Å². The molecule has 0 bridgehead atoms. The predicted molar refractivity (Wildman–Crippen MR) is 201 cm³/mol. The molecular formula is C43H32N2O8. The highest BCUT2D eigenvalue weighted by molar-refractivity contribution is 6.07. The predicted octanol–water partition coefficient (Wildman–Crippen LogP) is 9.36. The standard InChI is InChI=1S/C43H32N2O8/c46-41-34-18-10-11-19-36(34)53-42(40(41)44-43(47)33-20-22-35(45(48)49)38(25-33)51-27-30-14-6-2-7-15-30)32-21-23-37(50-26-29-12-4-1-5-13-29)39(24-32)52-28-31-16-8-3-9-17-31/h1-25H,26-28H2,(H,44,47). The van der Waals surface area contributed by atoms with Gasteiger partial charge in [0.25, 0.3) is 5.91 Å². The Morgan fingerprint density at radius 3 is 1.77 bits per heavy atom. The molecule has 0 fully saturated rings. The molecule has 0 atom stereocenters. The number of amides is 1. The summed E-state index contributed by atoms with van der Waals surface area (Å²) in [6.07, 6.45) is 0. The van der Waals surface area contributed by atoms with Gasteiger partial charge in [-0.2, -0.15) is 0 Å². The van der Waals surface area contributed by atoms with Crippen LogP contribution in [0.5, 0.6) is 17.2 Å². The highest BCUT2D eigenvalue weighted by Crippen LogP contribution is 2.37. The SMILES string of the molecule is O=C(Nc1c(-c2ccc(OCc3ccccc3)c(OCc3ccccc3)c2)oc2ccccc2c1=O)c1ccc([N+](=O)[O-])c(OCc2ccccc2)c1. The number of anilines is 1. The number of fused-ring (bicyclic) bond motifs is 1. The molecule has 0 aliphatic rings. The Labute approximate surface area is 304 Å². The molecule has 7 aromatic rings. The molecule has 0 aliphatic heterocycles. The second-order valence-electron chi connectivity index (χ2n) is 12.0. The van der Waals surface area contributed by atoms with Crippen LogP contribution in [0.4, 0.5) is 11.4 Å². The number of para-hydroxylation sites is 1. The van der Waals surface area contributed by atoms with Crippen molar-refractivity contribution in [1.82, 2.24) is 0 Å². The maximum Gasteiger partial charge on any atom is 0.310 e. The minimum atomic E-state index is -0.698. The summed E-state index contributed by atoms with van der Waals surface area (Å²) in [6.45, 7) is 0.581. The van der Waals surface area contributed by atoms with Gasteiger partial charge in [0.05, 0.1) is 10.3 Å². The molecule has 1 amide bonds. The lowest BCUT2D eigenvalue weighted by atomic mass is 10.1. The van der Waals surface area contributed by atoms with Gasteiger partial charge in [-0.25, -0.2) is 0 Å². The minimum absolute atomic E-state index is 0.0358. The van der Waals surface area contributed by atoms with Crippen molar-refractivity contribution in [1.29, 1.82) is 0 Å². The lowest BCUT2D eigenvalue weighted by Crippen LogP contribution is -2.20. The first kappa shape index (κ1) is 34.3. The van der Waals surface area contributed by atoms with Crippen molar-refractivity contribution in [2.75, 3.05) is 5.32 Å². The highest BCUT2D eigenvalue weighted by atomic mass is 16.6. The molecule has 1 heterocycles. The molecular weight excluding hydrogens is 672 g/mol. The van der Waals surface area contributed by atoms with E-state index < -0.39 is 16.3 Å². The van der Waals surface area contributed by atoms with Crippen LogP contribution in [-0.2, 0) is 19.8 Å². The number of benzene rings is 6. The average Bonchev–Trinajstić information content (AvgIpc) is 3.20. The summed E-state index contributed by atoms with van der Waals surface area (Å²) in [5.74, 6) is 0.158. The van der Waals surface area contributed by atoms with E-state index in [0.29, 0.717) is 29.3 Å². The number of carbonyl (C=O) groups is 1. The summed E-state index contributed by atoms with van der Waals surface area (Å²) in [5.41, 5.74) is 2.58. The van der Waals surface area contributed by atoms with Gasteiger partial charge < -0.3 is 23.9 Å². The van der Waals surface area contributed by atoms with Crippen LogP contribution in [0.2, 0.25) is 0 Å². The molecule has 0 radical (unpaired) electrons. The van der Waals surface area contributed by atoms with E-state index in [1.54, 1.807) is 42.5 Å². The van der Waals surface area contributed by atoms with Gasteiger partial charge in [-0.15, -0.1) is 0 Å². The fourth-order valence-corrected chi connectivity index (χ4v) is 5.65. The van der Waals surface area contributed by atoms with Gasteiger partial charge in [-0.05, 0) is 53.1 Å². The van der Waals surface area contributed by atoms with E-state index in [-0.39, 0.29) is 47.0 Å². The van der Waals surface area contributed by atoms with Gasteiger partial charge in [-0.1, -0.05) is 103 Å². The third kappa shape index (κ3) is 8.08. The third-order valence-electron chi connectivity index (χ3n) is 8.37. The van der Waals surface area contributed by atoms with Gasteiger partial charge >= 0.3 is 5.69 Å². The summed E-state index contributed by atoms with van der Waals surface area (Å²) in [6, 6.07) is 44.2. The van der Waals surface area contributed by atoms with Crippen molar-refractivity contribution >= 4 is 28.3 Å². The van der Waals surface area contributed by atoms with Gasteiger partial charge in [0.2, 0.25) is 5.43 Å². The number of nitrogens with one attached hydrogen (secondary N) is 1. The monoisotopic (exact) mass is 704 g/mol. The summed E-state index contributed by atoms with van der Waals surface area (Å²) in [5, 5.41) is 14.8. The Hall–Kier alpha value is -7.20. The number of hydrogen-bond donors (Lipinski definition) is 1. The van der Waals surface area contributed by atoms with E-state index in [0.717, 1.165) is 16.7 Å². The second kappa shape index (κ2) is 15.8. The van der Waals surface area contributed by atoms with E-state index in [9.17, 15) is 19.7 Å². The summed E-state index contributed by atoms with van der Waals surface area (Å²) in [4.78, 5) is 39.1. The molecule has 10 nitrogen and oxygen atoms in total. The van der Waals surface area contributed by atoms with Crippen LogP contribution in [0.25, 0.3) is 22.3 Å². The maximum atomic E-state index is 14.0. The zero-order chi connectivity index (χ0) is 36.6. The molecule has 53 heavy (non-hydrogen) atoms. The number of carbonyl (C=O) groups excluding carboxylic acids is 1. The smallest absolute Gasteiger partial charge is 0.310 e. The van der Waals surface area contributed by atoms with Crippen LogP contribution in [0.15, 0.2) is 161 Å². The molecule has 10 heteroatoms. The fourth-order valence-electron chi connectivity index (χ4n) is 5.65. The van der Waals surface area contributed by atoms with Crippen molar-refractivity contribution in [3.05, 3.63) is 194 Å². The normalized spacial score (nSPS) is 10.8. The number of nitro benzene ring substituents is 1. The molecule has 0 saturated carbocycles. The largest absolute Gasteiger partial charge is 0.485 e. The quantitative estimate of drug-likeness (QED) is 0.0929. The van der Waals surface area contributed by atoms with E-state index in [1.807, 2.05) is 91.0 Å². The van der Waals surface area contributed by atoms with Crippen molar-refractivity contribution in [2.24, 2.45) is 0 Å². The van der Waals surface area contributed by atoms with Gasteiger partial charge in [0.15, 0.2) is 23.0 Å². The molecule has 6 aromatic carbocycles. The lowest BCUT2D eigenvalue weighted by molar-refractivity contribution is -0.385. The summed E-state index contributed by atoms with van der Waals surface area (Å²) >= 11 is 0. The Kier molecular flexibility index (Phi) is 10.2. The molecule has 0 unspecified atom stereocenters. The van der Waals surface area contributed by atoms with Gasteiger partial charge in [0.1, 0.15) is 31.1 Å². The van der Waals surface area contributed by atoms with Crippen LogP contribution < -0.4 is 25.0 Å². The van der Waals surface area contributed by atoms with E-state index in [4.69, 9.17) is 18.6 Å². The molecule has 0 aliphatic carbocycles. The van der Waals surface area contributed by atoms with Crippen molar-refractivity contribution in [3.8, 4) is 28.6 Å². The molecule has 0 saturated heterocycles. The lowest BCUT2D eigenvalue weighted by Gasteiger charge is -2.16. The zero-order valence-electron chi connectivity index (χ0n) is 28.3. The number of ether oxygens (including phenoxy) is 3. The second-order valence-corrected chi connectivity index (χ2v) is 12.0. The molecule has 262 valence electrons. The van der Waals surface area contributed by atoms with Gasteiger partial charge in [-0.3, -0.25) is 19.7 Å². The first-order valence-corrected chi connectivity index (χ1v) is 16.7. The number of hydrogen-bond acceptors (Lipinski definition) is 8. The van der Waals surface area contributed by atoms with E-state index in [2.05, 4.69) is 5.32 Å². The van der Waals surface area contributed by atoms with E-state index >= 15 is 0 Å². The summed E-state index contributed by atoms with van der Waals surface area (Å²) in [7, 11) is 0. The van der Waals surface area contributed by atoms with Crippen LogP contribution in [0, 0.1) is 10.1 Å². The van der Waals surface area contributed by atoms with Crippen LogP contribution in [-0.4, -0.2) is 10.8 Å². The highest BCUT2D eigenvalue weighted by Gasteiger charge is 2.23. The van der Waals surface area contributed by atoms with Crippen molar-refractivity contribution in [3.63, 3.8) is 0 Å². The topological polar surface area (TPSA) is 130 Å². The third-order valence-corrected chi connectivity index (χ3v) is 8.37. The maximum absolute atomic E-state index is 14.0. The fraction of sp³-hybridized carbons (Fsp3) is 0.0698. The average molecular weight is 705 g/mol. The first-order valence-electron chi connectivity index (χ1n) is 16.7. The van der Waals surface area contributed by atoms with Crippen molar-refractivity contribution < 1.29 is 28.3 Å². The Balaban J connectivity index is 1.25. The van der Waals surface area contributed by atoms with Crippen LogP contribution >= 0.6 is 0 Å². The molecule has 1 N–H and O–H groups in total. The summed E-state index contributed by atoms with van der Waals surface area (Å²) < 4.78 is 24.6. The number of nitro groups is 1. The zero-order valence-corrected chi connectivity index (χ0v) is 28.3. The Morgan fingerprint density at radius 2 is 1.17 bits per heavy atom. The molecule has 7 rings (SSSR count). The minimum Gasteiger partial charge on any atom is -0.485 e. The van der Waals surface area contributed by atoms with Crippen LogP contribution in [0.1, 0.15) is 27.0 Å². The molecule has 0 spiro atoms. The Morgan fingerprint density at radius 1 is 0.623 bits per heavy atom. The van der Waals surface area contributed by atoms with Gasteiger partial charge in [0, 0.05) is 23.3 Å². The van der Waals surface area contributed by atoms with Crippen LogP contribution in [0.3, 0.4) is 0 Å². The van der Waals surface area contributed by atoms with E-state index in [1.165, 1.54) is 18.2 Å². The molecule has 1 aromatic heterocycles.